The zero-order valence-corrected chi connectivity index (χ0v) is 20.2. The number of aliphatic hydroxyl groups is 1. The van der Waals surface area contributed by atoms with Crippen molar-refractivity contribution >= 4 is 11.8 Å². The number of rotatable bonds is 6. The molecule has 188 valence electrons. The second kappa shape index (κ2) is 9.79. The fourth-order valence-corrected chi connectivity index (χ4v) is 4.57. The van der Waals surface area contributed by atoms with Crippen molar-refractivity contribution in [3.8, 4) is 22.3 Å². The molecule has 1 atom stereocenters. The van der Waals surface area contributed by atoms with Crippen LogP contribution in [0.2, 0.25) is 0 Å². The van der Waals surface area contributed by atoms with Gasteiger partial charge < -0.3 is 21.5 Å². The van der Waals surface area contributed by atoms with Crippen LogP contribution in [-0.2, 0) is 6.42 Å². The van der Waals surface area contributed by atoms with Crippen molar-refractivity contribution in [3.63, 3.8) is 0 Å². The molecular formula is C28H29F2N3O3. The van der Waals surface area contributed by atoms with Gasteiger partial charge in [0.2, 0.25) is 0 Å². The average Bonchev–Trinajstić information content (AvgIpc) is 3.23. The summed E-state index contributed by atoms with van der Waals surface area (Å²) < 4.78 is 30.0. The predicted octanol–water partition coefficient (Wildman–Crippen LogP) is 3.88. The molecule has 1 aliphatic rings. The summed E-state index contributed by atoms with van der Waals surface area (Å²) in [5.41, 5.74) is 12.4. The Labute approximate surface area is 208 Å². The monoisotopic (exact) mass is 493 g/mol. The van der Waals surface area contributed by atoms with Crippen LogP contribution >= 0.6 is 0 Å². The fraction of sp³-hybridized carbons (Fsp3) is 0.286. The molecule has 0 bridgehead atoms. The molecule has 0 aromatic heterocycles. The maximum absolute atomic E-state index is 15.3. The third-order valence-electron chi connectivity index (χ3n) is 6.28. The van der Waals surface area contributed by atoms with Gasteiger partial charge in [-0.05, 0) is 72.9 Å². The first-order valence-corrected chi connectivity index (χ1v) is 11.7. The van der Waals surface area contributed by atoms with Gasteiger partial charge in [-0.25, -0.2) is 8.78 Å². The third kappa shape index (κ3) is 5.45. The summed E-state index contributed by atoms with van der Waals surface area (Å²) in [6.07, 6.45) is 0.973. The summed E-state index contributed by atoms with van der Waals surface area (Å²) in [6, 6.07) is 13.4. The number of benzene rings is 3. The van der Waals surface area contributed by atoms with Crippen molar-refractivity contribution in [1.82, 2.24) is 4.90 Å². The summed E-state index contributed by atoms with van der Waals surface area (Å²) in [5.74, 6) is -2.45. The molecule has 8 heteroatoms. The molecule has 2 amide bonds. The van der Waals surface area contributed by atoms with Crippen molar-refractivity contribution in [2.45, 2.75) is 38.3 Å². The normalized spacial score (nSPS) is 15.8. The van der Waals surface area contributed by atoms with E-state index >= 15 is 4.39 Å². The number of nitrogens with two attached hydrogens (primary N) is 2. The van der Waals surface area contributed by atoms with E-state index in [1.54, 1.807) is 49.1 Å². The van der Waals surface area contributed by atoms with E-state index in [2.05, 4.69) is 0 Å². The summed E-state index contributed by atoms with van der Waals surface area (Å²) >= 11 is 0. The van der Waals surface area contributed by atoms with Gasteiger partial charge in [0, 0.05) is 36.7 Å². The number of nitrogens with zero attached hydrogens (tertiary/aromatic N) is 1. The van der Waals surface area contributed by atoms with Crippen LogP contribution < -0.4 is 11.5 Å². The molecule has 0 unspecified atom stereocenters. The Balaban J connectivity index is 1.82. The molecule has 1 heterocycles. The van der Waals surface area contributed by atoms with Gasteiger partial charge in [0.15, 0.2) is 0 Å². The molecule has 36 heavy (non-hydrogen) atoms. The SMILES string of the molecule is CC(C)(O)Cc1ccc(-c2ccc(C(=O)N3CC[C@H](N)C3)cc2-c2ccc(C(N)=O)c(F)c2)c(F)c1. The smallest absolute Gasteiger partial charge is 0.253 e. The number of amides is 2. The van der Waals surface area contributed by atoms with Crippen molar-refractivity contribution < 1.29 is 23.5 Å². The Morgan fingerprint density at radius 1 is 1.00 bits per heavy atom. The van der Waals surface area contributed by atoms with E-state index in [-0.39, 0.29) is 29.5 Å². The number of carbonyl (C=O) groups is 2. The minimum absolute atomic E-state index is 0.0837. The van der Waals surface area contributed by atoms with Crippen molar-refractivity contribution in [1.29, 1.82) is 0 Å². The molecule has 0 radical (unpaired) electrons. The van der Waals surface area contributed by atoms with Gasteiger partial charge in [-0.1, -0.05) is 24.3 Å². The maximum Gasteiger partial charge on any atom is 0.253 e. The molecule has 3 aromatic rings. The zero-order chi connectivity index (χ0) is 26.2. The second-order valence-electron chi connectivity index (χ2n) is 9.92. The molecule has 1 saturated heterocycles. The highest BCUT2D eigenvalue weighted by Gasteiger charge is 2.26. The molecule has 1 fully saturated rings. The lowest BCUT2D eigenvalue weighted by Crippen LogP contribution is -2.31. The van der Waals surface area contributed by atoms with Gasteiger partial charge in [0.25, 0.3) is 11.8 Å². The highest BCUT2D eigenvalue weighted by molar-refractivity contribution is 5.98. The molecule has 0 aliphatic carbocycles. The lowest BCUT2D eigenvalue weighted by molar-refractivity contribution is 0.0788. The molecule has 4 rings (SSSR count). The van der Waals surface area contributed by atoms with Crippen LogP contribution in [0.4, 0.5) is 8.78 Å². The van der Waals surface area contributed by atoms with Gasteiger partial charge in [-0.2, -0.15) is 0 Å². The molecule has 3 aromatic carbocycles. The van der Waals surface area contributed by atoms with Crippen molar-refractivity contribution in [2.75, 3.05) is 13.1 Å². The Kier molecular flexibility index (Phi) is 6.93. The summed E-state index contributed by atoms with van der Waals surface area (Å²) in [5, 5.41) is 10.1. The number of carbonyl (C=O) groups excluding carboxylic acids is 2. The number of hydrogen-bond acceptors (Lipinski definition) is 4. The first-order valence-electron chi connectivity index (χ1n) is 11.7. The Morgan fingerprint density at radius 3 is 2.31 bits per heavy atom. The highest BCUT2D eigenvalue weighted by Crippen LogP contribution is 2.36. The zero-order valence-electron chi connectivity index (χ0n) is 20.2. The van der Waals surface area contributed by atoms with Crippen LogP contribution in [0, 0.1) is 11.6 Å². The van der Waals surface area contributed by atoms with Gasteiger partial charge >= 0.3 is 0 Å². The Morgan fingerprint density at radius 2 is 1.72 bits per heavy atom. The molecule has 5 N–H and O–H groups in total. The van der Waals surface area contributed by atoms with E-state index in [1.165, 1.54) is 18.2 Å². The number of hydrogen-bond donors (Lipinski definition) is 3. The van der Waals surface area contributed by atoms with E-state index < -0.39 is 23.1 Å². The quantitative estimate of drug-likeness (QED) is 0.484. The lowest BCUT2D eigenvalue weighted by atomic mass is 9.90. The number of halogens is 2. The van der Waals surface area contributed by atoms with Crippen molar-refractivity contribution in [2.24, 2.45) is 11.5 Å². The second-order valence-corrected chi connectivity index (χ2v) is 9.92. The minimum Gasteiger partial charge on any atom is -0.390 e. The van der Waals surface area contributed by atoms with Crippen LogP contribution in [0.5, 0.6) is 0 Å². The Hall–Kier alpha value is -3.62. The van der Waals surface area contributed by atoms with Crippen LogP contribution in [0.1, 0.15) is 46.5 Å². The maximum atomic E-state index is 15.3. The first kappa shape index (κ1) is 25.5. The molecule has 6 nitrogen and oxygen atoms in total. The van der Waals surface area contributed by atoms with Crippen LogP contribution in [0.3, 0.4) is 0 Å². The van der Waals surface area contributed by atoms with Crippen molar-refractivity contribution in [3.05, 3.63) is 82.9 Å². The van der Waals surface area contributed by atoms with Crippen LogP contribution in [-0.4, -0.2) is 46.6 Å². The summed E-state index contributed by atoms with van der Waals surface area (Å²) in [7, 11) is 0. The van der Waals surface area contributed by atoms with E-state index in [0.717, 1.165) is 6.07 Å². The van der Waals surface area contributed by atoms with Gasteiger partial charge in [0.05, 0.1) is 11.2 Å². The number of likely N-dealkylation sites (tertiary alicyclic amines) is 1. The van der Waals surface area contributed by atoms with E-state index in [0.29, 0.717) is 47.3 Å². The highest BCUT2D eigenvalue weighted by atomic mass is 19.1. The van der Waals surface area contributed by atoms with Gasteiger partial charge in [-0.15, -0.1) is 0 Å². The van der Waals surface area contributed by atoms with E-state index in [1.807, 2.05) is 0 Å². The topological polar surface area (TPSA) is 110 Å². The fourth-order valence-electron chi connectivity index (χ4n) is 4.57. The predicted molar refractivity (Wildman–Crippen MR) is 134 cm³/mol. The molecular weight excluding hydrogens is 464 g/mol. The lowest BCUT2D eigenvalue weighted by Gasteiger charge is -2.19. The van der Waals surface area contributed by atoms with Gasteiger partial charge in [-0.3, -0.25) is 9.59 Å². The van der Waals surface area contributed by atoms with Crippen LogP contribution in [0.15, 0.2) is 54.6 Å². The van der Waals surface area contributed by atoms with Gasteiger partial charge in [0.1, 0.15) is 11.6 Å². The summed E-state index contributed by atoms with van der Waals surface area (Å²) in [6.45, 7) is 4.26. The standard InChI is InChI=1S/C28H29F2N3O3/c1-28(2,36)14-16-3-6-21(24(29)11-16)20-7-5-18(27(35)33-10-9-19(31)15-33)12-23(20)17-4-8-22(26(32)34)25(30)13-17/h3-8,11-13,19,36H,9-10,14-15,31H2,1-2H3,(H2,32,34)/t19-/m0/s1. The van der Waals surface area contributed by atoms with E-state index in [4.69, 9.17) is 11.5 Å². The first-order chi connectivity index (χ1) is 16.9. The van der Waals surface area contributed by atoms with E-state index in [9.17, 15) is 19.1 Å². The summed E-state index contributed by atoms with van der Waals surface area (Å²) in [4.78, 5) is 26.3. The molecule has 0 saturated carbocycles. The minimum atomic E-state index is -1.00. The average molecular weight is 494 g/mol. The molecule has 1 aliphatic heterocycles. The Bertz CT molecular complexity index is 1330. The van der Waals surface area contributed by atoms with Crippen LogP contribution in [0.25, 0.3) is 22.3 Å². The largest absolute Gasteiger partial charge is 0.390 e. The molecule has 0 spiro atoms. The third-order valence-corrected chi connectivity index (χ3v) is 6.28. The number of primary amides is 1.